The number of pyridine rings is 1. The van der Waals surface area contributed by atoms with Crippen LogP contribution in [-0.2, 0) is 0 Å². The Morgan fingerprint density at radius 2 is 1.64 bits per heavy atom. The normalized spacial score (nSPS) is 11.1. The fraction of sp³-hybridized carbons (Fsp3) is 0. The van der Waals surface area contributed by atoms with Gasteiger partial charge in [-0.3, -0.25) is 4.79 Å². The molecule has 3 nitrogen and oxygen atoms in total. The van der Waals surface area contributed by atoms with Crippen molar-refractivity contribution in [3.63, 3.8) is 0 Å². The summed E-state index contributed by atoms with van der Waals surface area (Å²) in [5.41, 5.74) is 2.22. The number of carbonyl (C=O) groups is 1. The van der Waals surface area contributed by atoms with Crippen molar-refractivity contribution < 1.29 is 4.79 Å². The minimum absolute atomic E-state index is 0.0789. The fourth-order valence-corrected chi connectivity index (χ4v) is 4.09. The van der Waals surface area contributed by atoms with Crippen molar-refractivity contribution >= 4 is 49.3 Å². The van der Waals surface area contributed by atoms with Crippen LogP contribution in [0.15, 0.2) is 65.0 Å². The molecule has 2 heterocycles. The highest BCUT2D eigenvalue weighted by molar-refractivity contribution is 8.15. The summed E-state index contributed by atoms with van der Waals surface area (Å²) in [6.07, 6.45) is 0. The molecule has 0 aliphatic carbocycles. The lowest BCUT2D eigenvalue weighted by atomic mass is 10.2. The van der Waals surface area contributed by atoms with Crippen molar-refractivity contribution in [2.45, 2.75) is 4.34 Å². The largest absolute Gasteiger partial charge is 0.279 e. The van der Waals surface area contributed by atoms with Crippen LogP contribution in [0.25, 0.3) is 21.1 Å². The van der Waals surface area contributed by atoms with Crippen molar-refractivity contribution in [1.82, 2.24) is 9.97 Å². The van der Waals surface area contributed by atoms with Gasteiger partial charge in [-0.1, -0.05) is 36.4 Å². The monoisotopic (exact) mass is 322 g/mol. The first kappa shape index (κ1) is 13.4. The predicted octanol–water partition coefficient (Wildman–Crippen LogP) is 4.78. The van der Waals surface area contributed by atoms with Crippen LogP contribution in [0.4, 0.5) is 0 Å². The molecule has 0 N–H and O–H groups in total. The number of hydrogen-bond donors (Lipinski definition) is 0. The van der Waals surface area contributed by atoms with E-state index in [2.05, 4.69) is 9.97 Å². The summed E-state index contributed by atoms with van der Waals surface area (Å²) in [5, 5.41) is 0.953. The summed E-state index contributed by atoms with van der Waals surface area (Å²) in [6.45, 7) is 0. The number of hydrogen-bond acceptors (Lipinski definition) is 5. The van der Waals surface area contributed by atoms with Gasteiger partial charge in [0.05, 0.1) is 15.7 Å². The van der Waals surface area contributed by atoms with Gasteiger partial charge >= 0.3 is 0 Å². The van der Waals surface area contributed by atoms with E-state index in [-0.39, 0.29) is 5.12 Å². The van der Waals surface area contributed by atoms with Gasteiger partial charge in [0, 0.05) is 5.39 Å². The highest BCUT2D eigenvalue weighted by atomic mass is 32.2. The highest BCUT2D eigenvalue weighted by Gasteiger charge is 2.13. The second-order valence-electron chi connectivity index (χ2n) is 4.73. The number of rotatable bonds is 2. The Kier molecular flexibility index (Phi) is 3.36. The third kappa shape index (κ3) is 2.49. The molecule has 0 fully saturated rings. The molecule has 2 aromatic carbocycles. The van der Waals surface area contributed by atoms with Crippen LogP contribution in [0.2, 0.25) is 0 Å². The summed E-state index contributed by atoms with van der Waals surface area (Å²) in [4.78, 5) is 21.3. The summed E-state index contributed by atoms with van der Waals surface area (Å²) in [6, 6.07) is 19.4. The molecule has 0 unspecified atom stereocenters. The first-order valence-corrected chi connectivity index (χ1v) is 8.36. The van der Waals surface area contributed by atoms with Crippen LogP contribution in [0.3, 0.4) is 0 Å². The molecule has 0 saturated carbocycles. The number of carbonyl (C=O) groups excluding carboxylic acids is 1. The number of benzene rings is 2. The van der Waals surface area contributed by atoms with Gasteiger partial charge in [0.1, 0.15) is 5.69 Å². The zero-order valence-electron chi connectivity index (χ0n) is 11.4. The first-order chi connectivity index (χ1) is 10.8. The van der Waals surface area contributed by atoms with Gasteiger partial charge in [0.25, 0.3) is 0 Å². The number of nitrogens with zero attached hydrogens (tertiary/aromatic N) is 2. The second kappa shape index (κ2) is 5.51. The molecule has 0 atom stereocenters. The van der Waals surface area contributed by atoms with Crippen LogP contribution in [0.1, 0.15) is 10.5 Å². The Morgan fingerprint density at radius 1 is 0.864 bits per heavy atom. The smallest absolute Gasteiger partial charge is 0.244 e. The topological polar surface area (TPSA) is 42.9 Å². The molecule has 22 heavy (non-hydrogen) atoms. The van der Waals surface area contributed by atoms with Crippen LogP contribution in [0.5, 0.6) is 0 Å². The Labute approximate surface area is 135 Å². The summed E-state index contributed by atoms with van der Waals surface area (Å²) < 4.78 is 1.84. The van der Waals surface area contributed by atoms with Crippen molar-refractivity contribution in [3.8, 4) is 0 Å². The Balaban J connectivity index is 1.65. The molecule has 4 rings (SSSR count). The van der Waals surface area contributed by atoms with Gasteiger partial charge in [-0.05, 0) is 36.0 Å². The van der Waals surface area contributed by atoms with Crippen molar-refractivity contribution in [3.05, 3.63) is 66.4 Å². The predicted molar refractivity (Wildman–Crippen MR) is 91.6 cm³/mol. The number of thioether (sulfide) groups is 1. The maximum atomic E-state index is 12.4. The molecule has 0 aliphatic rings. The average Bonchev–Trinajstić information content (AvgIpc) is 2.96. The van der Waals surface area contributed by atoms with E-state index >= 15 is 0 Å². The molecular formula is C17H10N2OS2. The van der Waals surface area contributed by atoms with E-state index in [0.717, 1.165) is 37.2 Å². The molecule has 0 bridgehead atoms. The number of para-hydroxylation sites is 2. The zero-order valence-corrected chi connectivity index (χ0v) is 13.0. The number of thiazole rings is 1. The van der Waals surface area contributed by atoms with Gasteiger partial charge in [0.15, 0.2) is 4.34 Å². The van der Waals surface area contributed by atoms with E-state index < -0.39 is 0 Å². The number of fused-ring (bicyclic) bond motifs is 2. The van der Waals surface area contributed by atoms with Crippen LogP contribution >= 0.6 is 23.1 Å². The van der Waals surface area contributed by atoms with Crippen LogP contribution in [-0.4, -0.2) is 15.1 Å². The third-order valence-corrected chi connectivity index (χ3v) is 5.25. The lowest BCUT2D eigenvalue weighted by Crippen LogP contribution is -1.97. The molecule has 106 valence electrons. The Morgan fingerprint density at radius 3 is 2.50 bits per heavy atom. The van der Waals surface area contributed by atoms with Crippen molar-refractivity contribution in [1.29, 1.82) is 0 Å². The van der Waals surface area contributed by atoms with E-state index in [4.69, 9.17) is 0 Å². The molecule has 0 spiro atoms. The molecule has 0 radical (unpaired) electrons. The standard InChI is InChI=1S/C17H10N2OS2/c20-16(14-10-9-11-5-1-2-6-12(11)18-14)22-17-19-13-7-3-4-8-15(13)21-17/h1-10H. The van der Waals surface area contributed by atoms with E-state index in [1.807, 2.05) is 54.6 Å². The van der Waals surface area contributed by atoms with Crippen molar-refractivity contribution in [2.24, 2.45) is 0 Å². The zero-order chi connectivity index (χ0) is 14.9. The van der Waals surface area contributed by atoms with E-state index in [0.29, 0.717) is 5.69 Å². The molecule has 5 heteroatoms. The lowest BCUT2D eigenvalue weighted by molar-refractivity contribution is 0.108. The van der Waals surface area contributed by atoms with Gasteiger partial charge in [-0.2, -0.15) is 0 Å². The molecule has 4 aromatic rings. The maximum Gasteiger partial charge on any atom is 0.244 e. The van der Waals surface area contributed by atoms with Gasteiger partial charge in [-0.15, -0.1) is 11.3 Å². The van der Waals surface area contributed by atoms with E-state index in [1.165, 1.54) is 11.3 Å². The third-order valence-electron chi connectivity index (χ3n) is 3.26. The lowest BCUT2D eigenvalue weighted by Gasteiger charge is -2.00. The average molecular weight is 322 g/mol. The summed E-state index contributed by atoms with van der Waals surface area (Å²) >= 11 is 2.66. The van der Waals surface area contributed by atoms with Gasteiger partial charge in [0.2, 0.25) is 5.12 Å². The van der Waals surface area contributed by atoms with Crippen LogP contribution in [0, 0.1) is 0 Å². The second-order valence-corrected chi connectivity index (χ2v) is 6.98. The van der Waals surface area contributed by atoms with Crippen molar-refractivity contribution in [2.75, 3.05) is 0 Å². The van der Waals surface area contributed by atoms with E-state index in [1.54, 1.807) is 6.07 Å². The molecule has 0 amide bonds. The summed E-state index contributed by atoms with van der Waals surface area (Å²) in [5.74, 6) is 0. The molecular weight excluding hydrogens is 312 g/mol. The SMILES string of the molecule is O=C(Sc1nc2ccccc2s1)c1ccc2ccccc2n1. The quantitative estimate of drug-likeness (QED) is 0.498. The minimum atomic E-state index is -0.0789. The molecule has 0 aliphatic heterocycles. The molecule has 2 aromatic heterocycles. The van der Waals surface area contributed by atoms with Gasteiger partial charge in [-0.25, -0.2) is 9.97 Å². The number of aromatic nitrogens is 2. The first-order valence-electron chi connectivity index (χ1n) is 6.73. The van der Waals surface area contributed by atoms with E-state index in [9.17, 15) is 4.79 Å². The fourth-order valence-electron chi connectivity index (χ4n) is 2.21. The Hall–Kier alpha value is -2.24. The molecule has 0 saturated heterocycles. The highest BCUT2D eigenvalue weighted by Crippen LogP contribution is 2.31. The maximum absolute atomic E-state index is 12.4. The van der Waals surface area contributed by atoms with Gasteiger partial charge < -0.3 is 0 Å². The summed E-state index contributed by atoms with van der Waals surface area (Å²) in [7, 11) is 0. The van der Waals surface area contributed by atoms with Crippen LogP contribution < -0.4 is 0 Å². The minimum Gasteiger partial charge on any atom is -0.279 e. The Bertz CT molecular complexity index is 961.